The van der Waals surface area contributed by atoms with Crippen molar-refractivity contribution in [1.82, 2.24) is 10.2 Å². The number of aliphatic imine (C=N–C) groups is 1. The minimum atomic E-state index is -0.356. The third-order valence-electron chi connectivity index (χ3n) is 5.07. The van der Waals surface area contributed by atoms with Crippen molar-refractivity contribution in [3.8, 4) is 5.75 Å². The van der Waals surface area contributed by atoms with Crippen LogP contribution in [0.5, 0.6) is 5.75 Å². The largest absolute Gasteiger partial charge is 0.494 e. The lowest BCUT2D eigenvalue weighted by atomic mass is 9.95. The average Bonchev–Trinajstić information content (AvgIpc) is 3.18. The van der Waals surface area contributed by atoms with Crippen molar-refractivity contribution in [3.63, 3.8) is 0 Å². The number of nitrogens with zero attached hydrogens (tertiary/aromatic N) is 2. The molecule has 1 N–H and O–H groups in total. The first kappa shape index (κ1) is 23.4. The molecule has 5 nitrogen and oxygen atoms in total. The van der Waals surface area contributed by atoms with Gasteiger partial charge in [-0.05, 0) is 29.7 Å². The molecule has 2 atom stereocenters. The zero-order chi connectivity index (χ0) is 19.9. The van der Waals surface area contributed by atoms with E-state index >= 15 is 0 Å². The molecule has 158 valence electrons. The van der Waals surface area contributed by atoms with E-state index in [1.807, 2.05) is 36.2 Å². The Balaban J connectivity index is 0.00000300. The number of halogens is 2. The molecule has 0 spiro atoms. The smallest absolute Gasteiger partial charge is 0.193 e. The van der Waals surface area contributed by atoms with Gasteiger partial charge in [-0.15, -0.1) is 24.0 Å². The molecule has 3 rings (SSSR count). The number of hydrogen-bond donors (Lipinski definition) is 1. The van der Waals surface area contributed by atoms with Crippen LogP contribution in [0.4, 0.5) is 4.39 Å². The van der Waals surface area contributed by atoms with Gasteiger partial charge in [0.15, 0.2) is 17.5 Å². The Hall–Kier alpha value is -1.87. The van der Waals surface area contributed by atoms with Crippen LogP contribution in [0.3, 0.4) is 0 Å². The van der Waals surface area contributed by atoms with E-state index in [1.165, 1.54) is 18.7 Å². The highest BCUT2D eigenvalue weighted by atomic mass is 127. The summed E-state index contributed by atoms with van der Waals surface area (Å²) in [4.78, 5) is 6.35. The van der Waals surface area contributed by atoms with E-state index in [9.17, 15) is 4.39 Å². The summed E-state index contributed by atoms with van der Waals surface area (Å²) in [5, 5.41) is 3.45. The molecule has 0 aliphatic carbocycles. The molecule has 0 aromatic heterocycles. The molecule has 1 aliphatic rings. The van der Waals surface area contributed by atoms with Gasteiger partial charge < -0.3 is 19.7 Å². The second-order valence-corrected chi connectivity index (χ2v) is 7.00. The van der Waals surface area contributed by atoms with Crippen LogP contribution in [-0.2, 0) is 11.3 Å². The zero-order valence-electron chi connectivity index (χ0n) is 17.1. The van der Waals surface area contributed by atoms with Crippen LogP contribution < -0.4 is 10.1 Å². The summed E-state index contributed by atoms with van der Waals surface area (Å²) in [7, 11) is 5.16. The van der Waals surface area contributed by atoms with Crippen molar-refractivity contribution in [2.24, 2.45) is 10.9 Å². The topological polar surface area (TPSA) is 46.1 Å². The van der Waals surface area contributed by atoms with Crippen molar-refractivity contribution in [3.05, 3.63) is 65.5 Å². The fraction of sp³-hybridized carbons (Fsp3) is 0.409. The van der Waals surface area contributed by atoms with Gasteiger partial charge in [-0.1, -0.05) is 36.4 Å². The normalized spacial score (nSPS) is 18.8. The van der Waals surface area contributed by atoms with Gasteiger partial charge in [-0.25, -0.2) is 4.39 Å². The summed E-state index contributed by atoms with van der Waals surface area (Å²) in [6.07, 6.45) is 1.12. The van der Waals surface area contributed by atoms with E-state index in [2.05, 4.69) is 22.4 Å². The molecule has 1 heterocycles. The SMILES string of the molecule is CN=C(NCC1CCOC1c1ccccc1)N(C)Cc1ccc(OC)c(F)c1.I. The Kier molecular flexibility index (Phi) is 9.16. The maximum atomic E-state index is 13.9. The molecule has 1 saturated heterocycles. The standard InChI is InChI=1S/C22H28FN3O2.HI/c1-24-22(26(2)15-16-9-10-20(27-3)19(23)13-16)25-14-18-11-12-28-21(18)17-7-5-4-6-8-17;/h4-10,13,18,21H,11-12,14-15H2,1-3H3,(H,24,25);1H. The van der Waals surface area contributed by atoms with Gasteiger partial charge in [-0.3, -0.25) is 4.99 Å². The maximum Gasteiger partial charge on any atom is 0.193 e. The fourth-order valence-electron chi connectivity index (χ4n) is 3.62. The molecular weight excluding hydrogens is 484 g/mol. The Labute approximate surface area is 189 Å². The minimum absolute atomic E-state index is 0. The maximum absolute atomic E-state index is 13.9. The van der Waals surface area contributed by atoms with Crippen molar-refractivity contribution in [2.75, 3.05) is 34.4 Å². The van der Waals surface area contributed by atoms with E-state index in [-0.39, 0.29) is 41.6 Å². The van der Waals surface area contributed by atoms with Crippen LogP contribution >= 0.6 is 24.0 Å². The molecule has 2 aromatic rings. The molecule has 2 aromatic carbocycles. The predicted molar refractivity (Wildman–Crippen MR) is 124 cm³/mol. The monoisotopic (exact) mass is 513 g/mol. The minimum Gasteiger partial charge on any atom is -0.494 e. The highest BCUT2D eigenvalue weighted by molar-refractivity contribution is 14.0. The van der Waals surface area contributed by atoms with E-state index in [0.717, 1.165) is 31.1 Å². The van der Waals surface area contributed by atoms with E-state index < -0.39 is 0 Å². The Morgan fingerprint density at radius 3 is 2.69 bits per heavy atom. The first-order chi connectivity index (χ1) is 13.6. The van der Waals surface area contributed by atoms with Crippen molar-refractivity contribution in [1.29, 1.82) is 0 Å². The number of nitrogens with one attached hydrogen (secondary N) is 1. The predicted octanol–water partition coefficient (Wildman–Crippen LogP) is 4.24. The molecular formula is C22H29FIN3O2. The summed E-state index contributed by atoms with van der Waals surface area (Å²) in [5.74, 6) is 1.05. The molecule has 1 aliphatic heterocycles. The van der Waals surface area contributed by atoms with Gasteiger partial charge in [0, 0.05) is 39.7 Å². The summed E-state index contributed by atoms with van der Waals surface area (Å²) < 4.78 is 24.9. The molecule has 2 unspecified atom stereocenters. The Bertz CT molecular complexity index is 804. The van der Waals surface area contributed by atoms with E-state index in [0.29, 0.717) is 12.5 Å². The molecule has 0 radical (unpaired) electrons. The zero-order valence-corrected chi connectivity index (χ0v) is 19.4. The quantitative estimate of drug-likeness (QED) is 0.357. The lowest BCUT2D eigenvalue weighted by Crippen LogP contribution is -2.41. The fourth-order valence-corrected chi connectivity index (χ4v) is 3.62. The average molecular weight is 513 g/mol. The number of guanidine groups is 1. The highest BCUT2D eigenvalue weighted by Crippen LogP contribution is 2.33. The summed E-state index contributed by atoms with van der Waals surface area (Å²) in [5.41, 5.74) is 2.07. The molecule has 29 heavy (non-hydrogen) atoms. The first-order valence-corrected chi connectivity index (χ1v) is 9.53. The van der Waals surface area contributed by atoms with Crippen molar-refractivity contribution < 1.29 is 13.9 Å². The van der Waals surface area contributed by atoms with Gasteiger partial charge in [0.2, 0.25) is 0 Å². The molecule has 0 bridgehead atoms. The summed E-state index contributed by atoms with van der Waals surface area (Å²) in [6.45, 7) is 2.09. The molecule has 1 fully saturated rings. The van der Waals surface area contributed by atoms with Crippen LogP contribution in [-0.4, -0.2) is 45.2 Å². The number of benzene rings is 2. The number of methoxy groups -OCH3 is 1. The van der Waals surface area contributed by atoms with Crippen molar-refractivity contribution >= 4 is 29.9 Å². The number of ether oxygens (including phenoxy) is 2. The van der Waals surface area contributed by atoms with E-state index in [1.54, 1.807) is 13.1 Å². The van der Waals surface area contributed by atoms with Gasteiger partial charge in [0.25, 0.3) is 0 Å². The van der Waals surface area contributed by atoms with Crippen molar-refractivity contribution in [2.45, 2.75) is 19.1 Å². The second kappa shape index (κ2) is 11.3. The Morgan fingerprint density at radius 2 is 2.03 bits per heavy atom. The Morgan fingerprint density at radius 1 is 1.28 bits per heavy atom. The van der Waals surface area contributed by atoms with Gasteiger partial charge in [-0.2, -0.15) is 0 Å². The highest BCUT2D eigenvalue weighted by Gasteiger charge is 2.29. The number of rotatable bonds is 6. The van der Waals surface area contributed by atoms with Crippen LogP contribution in [0.2, 0.25) is 0 Å². The lowest BCUT2D eigenvalue weighted by molar-refractivity contribution is 0.0914. The summed E-state index contributed by atoms with van der Waals surface area (Å²) >= 11 is 0. The molecule has 7 heteroatoms. The van der Waals surface area contributed by atoms with Crippen LogP contribution in [0, 0.1) is 11.7 Å². The van der Waals surface area contributed by atoms with E-state index in [4.69, 9.17) is 9.47 Å². The third-order valence-corrected chi connectivity index (χ3v) is 5.07. The van der Waals surface area contributed by atoms with Crippen LogP contribution in [0.15, 0.2) is 53.5 Å². The van der Waals surface area contributed by atoms with Gasteiger partial charge in [0.05, 0.1) is 13.2 Å². The summed E-state index contributed by atoms with van der Waals surface area (Å²) in [6, 6.07) is 15.3. The van der Waals surface area contributed by atoms with Gasteiger partial charge in [0.1, 0.15) is 0 Å². The second-order valence-electron chi connectivity index (χ2n) is 7.00. The molecule has 0 saturated carbocycles. The third kappa shape index (κ3) is 6.05. The molecule has 0 amide bonds. The first-order valence-electron chi connectivity index (χ1n) is 9.53. The van der Waals surface area contributed by atoms with Crippen LogP contribution in [0.1, 0.15) is 23.7 Å². The lowest BCUT2D eigenvalue weighted by Gasteiger charge is -2.25. The van der Waals surface area contributed by atoms with Crippen LogP contribution in [0.25, 0.3) is 0 Å². The number of hydrogen-bond acceptors (Lipinski definition) is 3. The van der Waals surface area contributed by atoms with Gasteiger partial charge >= 0.3 is 0 Å².